The molecule has 6 heteroatoms. The fraction of sp³-hybridized carbons (Fsp3) is 0.529. The summed E-state index contributed by atoms with van der Waals surface area (Å²) in [6.45, 7) is 4.96. The second-order valence-electron chi connectivity index (χ2n) is 5.71. The van der Waals surface area contributed by atoms with Crippen molar-refractivity contribution in [2.45, 2.75) is 13.3 Å². The number of hydrogen-bond acceptors (Lipinski definition) is 4. The summed E-state index contributed by atoms with van der Waals surface area (Å²) in [5, 5.41) is 2.98. The van der Waals surface area contributed by atoms with Gasteiger partial charge in [0, 0.05) is 44.7 Å². The Morgan fingerprint density at radius 3 is 2.43 bits per heavy atom. The Morgan fingerprint density at radius 2 is 1.83 bits per heavy atom. The van der Waals surface area contributed by atoms with Crippen LogP contribution in [0, 0.1) is 6.92 Å². The molecule has 0 unspecified atom stereocenters. The SMILES string of the molecule is CNCCC(=O)N1CCN(C(=O)c2ccc(C)c(OC)c2)CC1. The average Bonchev–Trinajstić information content (AvgIpc) is 2.59. The minimum atomic E-state index is -0.00868. The molecule has 0 radical (unpaired) electrons. The van der Waals surface area contributed by atoms with Gasteiger partial charge in [0.2, 0.25) is 5.91 Å². The molecule has 2 amide bonds. The summed E-state index contributed by atoms with van der Waals surface area (Å²) < 4.78 is 5.28. The largest absolute Gasteiger partial charge is 0.496 e. The molecule has 1 N–H and O–H groups in total. The molecular weight excluding hydrogens is 294 g/mol. The van der Waals surface area contributed by atoms with Crippen molar-refractivity contribution < 1.29 is 14.3 Å². The van der Waals surface area contributed by atoms with Crippen molar-refractivity contribution in [1.29, 1.82) is 0 Å². The highest BCUT2D eigenvalue weighted by atomic mass is 16.5. The van der Waals surface area contributed by atoms with Crippen molar-refractivity contribution in [3.05, 3.63) is 29.3 Å². The van der Waals surface area contributed by atoms with Crippen LogP contribution in [0.2, 0.25) is 0 Å². The molecule has 0 spiro atoms. The van der Waals surface area contributed by atoms with E-state index in [1.165, 1.54) is 0 Å². The van der Waals surface area contributed by atoms with E-state index in [0.717, 1.165) is 11.3 Å². The third kappa shape index (κ3) is 4.22. The van der Waals surface area contributed by atoms with Gasteiger partial charge in [0.05, 0.1) is 7.11 Å². The maximum Gasteiger partial charge on any atom is 0.254 e. The van der Waals surface area contributed by atoms with Crippen molar-refractivity contribution in [1.82, 2.24) is 15.1 Å². The van der Waals surface area contributed by atoms with Gasteiger partial charge in [0.25, 0.3) is 5.91 Å². The van der Waals surface area contributed by atoms with E-state index in [2.05, 4.69) is 5.32 Å². The fourth-order valence-corrected chi connectivity index (χ4v) is 2.68. The second kappa shape index (κ2) is 7.97. The van der Waals surface area contributed by atoms with Crippen molar-refractivity contribution in [2.75, 3.05) is 46.9 Å². The number of methoxy groups -OCH3 is 1. The van der Waals surface area contributed by atoms with E-state index in [1.807, 2.05) is 31.0 Å². The topological polar surface area (TPSA) is 61.9 Å². The van der Waals surface area contributed by atoms with Gasteiger partial charge in [0.15, 0.2) is 0 Å². The maximum absolute atomic E-state index is 12.6. The van der Waals surface area contributed by atoms with Gasteiger partial charge in [-0.25, -0.2) is 0 Å². The quantitative estimate of drug-likeness (QED) is 0.876. The number of benzene rings is 1. The standard InChI is InChI=1S/C17H25N3O3/c1-13-4-5-14(12-15(13)23-3)17(22)20-10-8-19(9-11-20)16(21)6-7-18-2/h4-5,12,18H,6-11H2,1-3H3. The molecule has 0 aliphatic carbocycles. The van der Waals surface area contributed by atoms with Crippen molar-refractivity contribution in [3.63, 3.8) is 0 Å². The zero-order valence-electron chi connectivity index (χ0n) is 14.1. The average molecular weight is 319 g/mol. The molecule has 1 fully saturated rings. The molecule has 0 atom stereocenters. The highest BCUT2D eigenvalue weighted by Crippen LogP contribution is 2.20. The van der Waals surface area contributed by atoms with Crippen LogP contribution in [0.5, 0.6) is 5.75 Å². The molecule has 1 heterocycles. The number of piperazine rings is 1. The van der Waals surface area contributed by atoms with E-state index >= 15 is 0 Å². The van der Waals surface area contributed by atoms with Crippen molar-refractivity contribution in [3.8, 4) is 5.75 Å². The summed E-state index contributed by atoms with van der Waals surface area (Å²) in [5.41, 5.74) is 1.63. The predicted octanol–water partition coefficient (Wildman–Crippen LogP) is 0.898. The lowest BCUT2D eigenvalue weighted by Crippen LogP contribution is -2.50. The molecule has 1 aliphatic heterocycles. The van der Waals surface area contributed by atoms with Crippen LogP contribution in [0.25, 0.3) is 0 Å². The lowest BCUT2D eigenvalue weighted by Gasteiger charge is -2.35. The van der Waals surface area contributed by atoms with E-state index < -0.39 is 0 Å². The Labute approximate surface area is 137 Å². The molecular formula is C17H25N3O3. The van der Waals surface area contributed by atoms with Crippen LogP contribution in [-0.4, -0.2) is 68.5 Å². The summed E-state index contributed by atoms with van der Waals surface area (Å²) in [7, 11) is 3.44. The molecule has 0 saturated carbocycles. The number of amides is 2. The van der Waals surface area contributed by atoms with Crippen LogP contribution in [0.3, 0.4) is 0 Å². The van der Waals surface area contributed by atoms with Crippen LogP contribution in [0.4, 0.5) is 0 Å². The minimum absolute atomic E-state index is 0.00868. The Morgan fingerprint density at radius 1 is 1.17 bits per heavy atom. The Hall–Kier alpha value is -2.08. The number of carbonyl (C=O) groups is 2. The molecule has 126 valence electrons. The van der Waals surface area contributed by atoms with Crippen LogP contribution in [0.15, 0.2) is 18.2 Å². The third-order valence-corrected chi connectivity index (χ3v) is 4.16. The second-order valence-corrected chi connectivity index (χ2v) is 5.71. The number of ether oxygens (including phenoxy) is 1. The number of aryl methyl sites for hydroxylation is 1. The molecule has 1 aromatic rings. The lowest BCUT2D eigenvalue weighted by molar-refractivity contribution is -0.132. The number of rotatable bonds is 5. The smallest absolute Gasteiger partial charge is 0.254 e. The normalized spacial score (nSPS) is 14.7. The minimum Gasteiger partial charge on any atom is -0.496 e. The van der Waals surface area contributed by atoms with Crippen LogP contribution >= 0.6 is 0 Å². The predicted molar refractivity (Wildman–Crippen MR) is 88.8 cm³/mol. The highest BCUT2D eigenvalue weighted by molar-refractivity contribution is 5.95. The number of nitrogens with zero attached hydrogens (tertiary/aromatic N) is 2. The Balaban J connectivity index is 1.94. The molecule has 1 aliphatic rings. The molecule has 23 heavy (non-hydrogen) atoms. The fourth-order valence-electron chi connectivity index (χ4n) is 2.68. The Kier molecular flexibility index (Phi) is 5.98. The Bertz CT molecular complexity index is 566. The number of carbonyl (C=O) groups excluding carboxylic acids is 2. The highest BCUT2D eigenvalue weighted by Gasteiger charge is 2.24. The molecule has 1 saturated heterocycles. The zero-order chi connectivity index (χ0) is 16.8. The van der Waals surface area contributed by atoms with Gasteiger partial charge in [-0.15, -0.1) is 0 Å². The molecule has 0 aromatic heterocycles. The van der Waals surface area contributed by atoms with E-state index in [0.29, 0.717) is 44.7 Å². The van der Waals surface area contributed by atoms with Crippen LogP contribution in [0.1, 0.15) is 22.3 Å². The van der Waals surface area contributed by atoms with E-state index in [9.17, 15) is 9.59 Å². The van der Waals surface area contributed by atoms with Gasteiger partial charge in [-0.05, 0) is 31.7 Å². The summed E-state index contributed by atoms with van der Waals surface area (Å²) >= 11 is 0. The number of hydrogen-bond donors (Lipinski definition) is 1. The van der Waals surface area contributed by atoms with Gasteiger partial charge >= 0.3 is 0 Å². The first-order chi connectivity index (χ1) is 11.1. The molecule has 6 nitrogen and oxygen atoms in total. The summed E-state index contributed by atoms with van der Waals surface area (Å²) in [6, 6.07) is 5.50. The van der Waals surface area contributed by atoms with Crippen molar-refractivity contribution >= 4 is 11.8 Å². The van der Waals surface area contributed by atoms with E-state index in [-0.39, 0.29) is 11.8 Å². The monoisotopic (exact) mass is 319 g/mol. The first-order valence-electron chi connectivity index (χ1n) is 7.93. The lowest BCUT2D eigenvalue weighted by atomic mass is 10.1. The van der Waals surface area contributed by atoms with E-state index in [4.69, 9.17) is 4.74 Å². The van der Waals surface area contributed by atoms with Gasteiger partial charge in [-0.1, -0.05) is 6.07 Å². The molecule has 1 aromatic carbocycles. The van der Waals surface area contributed by atoms with Gasteiger partial charge in [-0.3, -0.25) is 9.59 Å². The van der Waals surface area contributed by atoms with Crippen molar-refractivity contribution in [2.24, 2.45) is 0 Å². The first kappa shape index (κ1) is 17.3. The maximum atomic E-state index is 12.6. The summed E-state index contributed by atoms with van der Waals surface area (Å²) in [4.78, 5) is 28.2. The summed E-state index contributed by atoms with van der Waals surface area (Å²) in [6.07, 6.45) is 0.500. The molecule has 0 bridgehead atoms. The first-order valence-corrected chi connectivity index (χ1v) is 7.93. The zero-order valence-corrected chi connectivity index (χ0v) is 14.1. The van der Waals surface area contributed by atoms with Crippen LogP contribution in [-0.2, 0) is 4.79 Å². The van der Waals surface area contributed by atoms with Crippen LogP contribution < -0.4 is 10.1 Å². The summed E-state index contributed by atoms with van der Waals surface area (Å²) in [5.74, 6) is 0.853. The van der Waals surface area contributed by atoms with Gasteiger partial charge in [-0.2, -0.15) is 0 Å². The van der Waals surface area contributed by atoms with Gasteiger partial charge in [0.1, 0.15) is 5.75 Å². The molecule has 2 rings (SSSR count). The van der Waals surface area contributed by atoms with E-state index in [1.54, 1.807) is 18.1 Å². The third-order valence-electron chi connectivity index (χ3n) is 4.16. The number of nitrogens with one attached hydrogen (secondary N) is 1. The van der Waals surface area contributed by atoms with Gasteiger partial charge < -0.3 is 19.9 Å².